The Kier molecular flexibility index (Phi) is 23.0. The van der Waals surface area contributed by atoms with E-state index in [0.717, 1.165) is 13.3 Å². The molecule has 0 amide bonds. The number of hydrogen-bond donors (Lipinski definition) is 2. The highest BCUT2D eigenvalue weighted by Gasteiger charge is 1.89. The molecule has 0 aliphatic heterocycles. The van der Waals surface area contributed by atoms with Gasteiger partial charge in [0.05, 0.1) is 0 Å². The zero-order chi connectivity index (χ0) is 16.2. The van der Waals surface area contributed by atoms with Crippen molar-refractivity contribution in [1.29, 1.82) is 0 Å². The highest BCUT2D eigenvalue weighted by molar-refractivity contribution is 5.62. The predicted octanol–water partition coefficient (Wildman–Crippen LogP) is 5.33. The lowest BCUT2D eigenvalue weighted by Crippen LogP contribution is -1.83. The summed E-state index contributed by atoms with van der Waals surface area (Å²) in [5.74, 6) is -0.833. The van der Waals surface area contributed by atoms with Crippen molar-refractivity contribution >= 4 is 5.97 Å². The standard InChI is InChI=1S/C16H32O.C2H4O2/c1-2-3-4-5-6-7-8-9-10-11-12-13-14-15-16-17;1-2(3)4/h7-8,17H,2-6,9-16H2,1H3;1H3,(H,3,4)/b8-7+;. The van der Waals surface area contributed by atoms with Crippen molar-refractivity contribution in [3.05, 3.63) is 12.2 Å². The fourth-order valence-corrected chi connectivity index (χ4v) is 2.01. The molecule has 0 aliphatic rings. The predicted molar refractivity (Wildman–Crippen MR) is 90.6 cm³/mol. The van der Waals surface area contributed by atoms with Crippen LogP contribution >= 0.6 is 0 Å². The zero-order valence-electron chi connectivity index (χ0n) is 14.1. The Balaban J connectivity index is 0. The second-order valence-corrected chi connectivity index (χ2v) is 5.47. The zero-order valence-corrected chi connectivity index (χ0v) is 14.1. The number of carboxylic acids is 1. The summed E-state index contributed by atoms with van der Waals surface area (Å²) in [5, 5.41) is 16.1. The van der Waals surface area contributed by atoms with Crippen molar-refractivity contribution in [1.82, 2.24) is 0 Å². The number of carboxylic acid groups (broad SMARTS) is 1. The maximum absolute atomic E-state index is 9.00. The first-order valence-corrected chi connectivity index (χ1v) is 8.60. The summed E-state index contributed by atoms with van der Waals surface area (Å²) in [7, 11) is 0. The van der Waals surface area contributed by atoms with Crippen LogP contribution in [0.25, 0.3) is 0 Å². The largest absolute Gasteiger partial charge is 0.481 e. The minimum atomic E-state index is -0.833. The Morgan fingerprint density at radius 2 is 1.19 bits per heavy atom. The minimum Gasteiger partial charge on any atom is -0.481 e. The molecule has 2 N–H and O–H groups in total. The molecular weight excluding hydrogens is 264 g/mol. The second kappa shape index (κ2) is 21.5. The SMILES string of the molecule is CC(=O)O.CCCCCC/C=C/CCCCCCCCO. The molecule has 3 heteroatoms. The summed E-state index contributed by atoms with van der Waals surface area (Å²) in [6.45, 7) is 3.71. The Morgan fingerprint density at radius 1 is 0.810 bits per heavy atom. The molecule has 0 saturated carbocycles. The molecule has 126 valence electrons. The molecule has 0 aromatic heterocycles. The van der Waals surface area contributed by atoms with Crippen molar-refractivity contribution in [2.75, 3.05) is 6.61 Å². The average molecular weight is 300 g/mol. The molecule has 0 fully saturated rings. The number of hydrogen-bond acceptors (Lipinski definition) is 2. The van der Waals surface area contributed by atoms with Gasteiger partial charge < -0.3 is 10.2 Å². The lowest BCUT2D eigenvalue weighted by molar-refractivity contribution is -0.134. The highest BCUT2D eigenvalue weighted by atomic mass is 16.4. The summed E-state index contributed by atoms with van der Waals surface area (Å²) < 4.78 is 0. The topological polar surface area (TPSA) is 57.5 Å². The van der Waals surface area contributed by atoms with Gasteiger partial charge in [-0.25, -0.2) is 0 Å². The van der Waals surface area contributed by atoms with Crippen LogP contribution in [-0.2, 0) is 4.79 Å². The summed E-state index contributed by atoms with van der Waals surface area (Å²) >= 11 is 0. The monoisotopic (exact) mass is 300 g/mol. The highest BCUT2D eigenvalue weighted by Crippen LogP contribution is 2.08. The molecule has 0 atom stereocenters. The van der Waals surface area contributed by atoms with Crippen LogP contribution in [0, 0.1) is 0 Å². The lowest BCUT2D eigenvalue weighted by Gasteiger charge is -1.98. The molecule has 0 radical (unpaired) electrons. The molecule has 0 aromatic rings. The van der Waals surface area contributed by atoms with Crippen molar-refractivity contribution in [3.63, 3.8) is 0 Å². The number of unbranched alkanes of at least 4 members (excludes halogenated alkanes) is 10. The number of aliphatic hydroxyl groups excluding tert-OH is 1. The Morgan fingerprint density at radius 3 is 1.62 bits per heavy atom. The lowest BCUT2D eigenvalue weighted by atomic mass is 10.1. The van der Waals surface area contributed by atoms with Crippen LogP contribution in [-0.4, -0.2) is 22.8 Å². The number of rotatable bonds is 13. The Bertz CT molecular complexity index is 221. The maximum atomic E-state index is 9.00. The van der Waals surface area contributed by atoms with Gasteiger partial charge in [0.1, 0.15) is 0 Å². The van der Waals surface area contributed by atoms with Gasteiger partial charge in [-0.05, 0) is 32.1 Å². The third-order valence-electron chi connectivity index (χ3n) is 3.17. The molecule has 0 saturated heterocycles. The number of carbonyl (C=O) groups is 1. The first-order chi connectivity index (χ1) is 10.1. The molecular formula is C18H36O3. The summed E-state index contributed by atoms with van der Waals surface area (Å²) in [4.78, 5) is 9.00. The molecule has 3 nitrogen and oxygen atoms in total. The van der Waals surface area contributed by atoms with Crippen molar-refractivity contribution in [2.24, 2.45) is 0 Å². The quantitative estimate of drug-likeness (QED) is 0.357. The van der Waals surface area contributed by atoms with E-state index in [2.05, 4.69) is 19.1 Å². The van der Waals surface area contributed by atoms with E-state index in [4.69, 9.17) is 15.0 Å². The molecule has 0 heterocycles. The van der Waals surface area contributed by atoms with Gasteiger partial charge in [-0.1, -0.05) is 64.0 Å². The first kappa shape index (κ1) is 22.5. The van der Waals surface area contributed by atoms with Crippen molar-refractivity contribution in [3.8, 4) is 0 Å². The van der Waals surface area contributed by atoms with Crippen LogP contribution in [0.3, 0.4) is 0 Å². The van der Waals surface area contributed by atoms with Crippen LogP contribution < -0.4 is 0 Å². The van der Waals surface area contributed by atoms with E-state index in [1.807, 2.05) is 0 Å². The summed E-state index contributed by atoms with van der Waals surface area (Å²) in [5.41, 5.74) is 0. The molecule has 0 aromatic carbocycles. The van der Waals surface area contributed by atoms with Crippen LogP contribution in [0.1, 0.15) is 90.9 Å². The number of aliphatic carboxylic acids is 1. The molecule has 0 aliphatic carbocycles. The minimum absolute atomic E-state index is 0.362. The third kappa shape index (κ3) is 32.6. The Labute approximate surface area is 131 Å². The maximum Gasteiger partial charge on any atom is 0.300 e. The van der Waals surface area contributed by atoms with Gasteiger partial charge in [-0.3, -0.25) is 4.79 Å². The molecule has 0 unspecified atom stereocenters. The van der Waals surface area contributed by atoms with E-state index in [9.17, 15) is 0 Å². The van der Waals surface area contributed by atoms with Crippen LogP contribution in [0.2, 0.25) is 0 Å². The van der Waals surface area contributed by atoms with E-state index in [0.29, 0.717) is 6.61 Å². The average Bonchev–Trinajstić information content (AvgIpc) is 2.43. The third-order valence-corrected chi connectivity index (χ3v) is 3.17. The number of aliphatic hydroxyl groups is 1. The van der Waals surface area contributed by atoms with Crippen LogP contribution in [0.5, 0.6) is 0 Å². The van der Waals surface area contributed by atoms with Gasteiger partial charge in [0, 0.05) is 13.5 Å². The van der Waals surface area contributed by atoms with Crippen molar-refractivity contribution in [2.45, 2.75) is 90.9 Å². The van der Waals surface area contributed by atoms with E-state index >= 15 is 0 Å². The second-order valence-electron chi connectivity index (χ2n) is 5.47. The fraction of sp³-hybridized carbons (Fsp3) is 0.833. The fourth-order valence-electron chi connectivity index (χ4n) is 2.01. The van der Waals surface area contributed by atoms with E-state index in [-0.39, 0.29) is 0 Å². The van der Waals surface area contributed by atoms with Crippen molar-refractivity contribution < 1.29 is 15.0 Å². The summed E-state index contributed by atoms with van der Waals surface area (Å²) in [6, 6.07) is 0. The van der Waals surface area contributed by atoms with Crippen LogP contribution in [0.4, 0.5) is 0 Å². The van der Waals surface area contributed by atoms with Gasteiger partial charge in [-0.2, -0.15) is 0 Å². The molecule has 0 bridgehead atoms. The number of allylic oxidation sites excluding steroid dienone is 2. The van der Waals surface area contributed by atoms with Gasteiger partial charge >= 0.3 is 0 Å². The van der Waals surface area contributed by atoms with E-state index < -0.39 is 5.97 Å². The normalized spacial score (nSPS) is 10.4. The Hall–Kier alpha value is -0.830. The molecule has 0 rings (SSSR count). The van der Waals surface area contributed by atoms with Gasteiger partial charge in [-0.15, -0.1) is 0 Å². The smallest absolute Gasteiger partial charge is 0.300 e. The van der Waals surface area contributed by atoms with Gasteiger partial charge in [0.25, 0.3) is 5.97 Å². The first-order valence-electron chi connectivity index (χ1n) is 8.60. The van der Waals surface area contributed by atoms with E-state index in [1.54, 1.807) is 0 Å². The summed E-state index contributed by atoms with van der Waals surface area (Å²) in [6.07, 6.45) is 20.2. The van der Waals surface area contributed by atoms with Gasteiger partial charge in [0.15, 0.2) is 0 Å². The van der Waals surface area contributed by atoms with Crippen LogP contribution in [0.15, 0.2) is 12.2 Å². The molecule has 0 spiro atoms. The van der Waals surface area contributed by atoms with E-state index in [1.165, 1.54) is 70.6 Å². The van der Waals surface area contributed by atoms with Gasteiger partial charge in [0.2, 0.25) is 0 Å². The molecule has 21 heavy (non-hydrogen) atoms.